The van der Waals surface area contributed by atoms with Crippen LogP contribution in [-0.4, -0.2) is 10.2 Å². The van der Waals surface area contributed by atoms with Crippen molar-refractivity contribution in [3.05, 3.63) is 28.5 Å². The van der Waals surface area contributed by atoms with E-state index in [1.165, 1.54) is 0 Å². The van der Waals surface area contributed by atoms with Crippen molar-refractivity contribution in [2.45, 2.75) is 6.18 Å². The van der Waals surface area contributed by atoms with Crippen LogP contribution in [0.1, 0.15) is 16.1 Å². The van der Waals surface area contributed by atoms with Crippen molar-refractivity contribution in [1.29, 1.82) is 0 Å². The molecule has 0 fully saturated rings. The number of pyridine rings is 1. The number of hydrogen-bond donors (Lipinski definition) is 0. The molecule has 0 spiro atoms. The highest BCUT2D eigenvalue weighted by atomic mass is 35.5. The lowest BCUT2D eigenvalue weighted by Crippen LogP contribution is -2.09. The lowest BCUT2D eigenvalue weighted by Gasteiger charge is -2.06. The Morgan fingerprint density at radius 3 is 2.43 bits per heavy atom. The summed E-state index contributed by atoms with van der Waals surface area (Å²) in [7, 11) is 0. The number of hydrogen-bond acceptors (Lipinski definition) is 2. The van der Waals surface area contributed by atoms with E-state index < -0.39 is 22.7 Å². The molecule has 0 aliphatic heterocycles. The van der Waals surface area contributed by atoms with Gasteiger partial charge in [0.25, 0.3) is 5.24 Å². The van der Waals surface area contributed by atoms with Gasteiger partial charge in [-0.05, 0) is 17.7 Å². The first-order chi connectivity index (χ1) is 6.32. The summed E-state index contributed by atoms with van der Waals surface area (Å²) >= 11 is 10.4. The zero-order valence-electron chi connectivity index (χ0n) is 6.40. The third kappa shape index (κ3) is 2.36. The van der Waals surface area contributed by atoms with Crippen molar-refractivity contribution < 1.29 is 18.0 Å². The monoisotopic (exact) mass is 243 g/mol. The molecule has 1 aromatic heterocycles. The Hall–Kier alpha value is -0.810. The fraction of sp³-hybridized carbons (Fsp3) is 0.143. The second-order valence-corrected chi connectivity index (χ2v) is 3.07. The molecule has 0 amide bonds. The summed E-state index contributed by atoms with van der Waals surface area (Å²) in [5.41, 5.74) is -1.61. The molecule has 0 radical (unpaired) electrons. The number of rotatable bonds is 1. The molecular formula is C7H2Cl2F3NO. The van der Waals surface area contributed by atoms with Crippen LogP contribution in [0.15, 0.2) is 12.3 Å². The van der Waals surface area contributed by atoms with Crippen molar-refractivity contribution in [2.75, 3.05) is 0 Å². The predicted octanol–water partition coefficient (Wildman–Crippen LogP) is 3.13. The molecule has 0 aromatic carbocycles. The summed E-state index contributed by atoms with van der Waals surface area (Å²) in [4.78, 5) is 13.7. The highest BCUT2D eigenvalue weighted by Gasteiger charge is 2.33. The molecule has 0 unspecified atom stereocenters. The summed E-state index contributed by atoms with van der Waals surface area (Å²) in [5.74, 6) is 0. The lowest BCUT2D eigenvalue weighted by molar-refractivity contribution is -0.141. The summed E-state index contributed by atoms with van der Waals surface area (Å²) in [6.45, 7) is 0. The van der Waals surface area contributed by atoms with Gasteiger partial charge >= 0.3 is 6.18 Å². The fourth-order valence-corrected chi connectivity index (χ4v) is 1.14. The van der Waals surface area contributed by atoms with Crippen molar-refractivity contribution in [3.63, 3.8) is 0 Å². The maximum absolute atomic E-state index is 12.1. The summed E-state index contributed by atoms with van der Waals surface area (Å²) in [5, 5.41) is -1.26. The molecular weight excluding hydrogens is 242 g/mol. The molecule has 0 aliphatic rings. The van der Waals surface area contributed by atoms with E-state index in [4.69, 9.17) is 23.2 Å². The fourth-order valence-electron chi connectivity index (χ4n) is 0.744. The first kappa shape index (κ1) is 11.3. The van der Waals surface area contributed by atoms with E-state index >= 15 is 0 Å². The summed E-state index contributed by atoms with van der Waals surface area (Å²) in [6, 6.07) is 0.512. The van der Waals surface area contributed by atoms with Crippen LogP contribution in [0.25, 0.3) is 0 Å². The van der Waals surface area contributed by atoms with Gasteiger partial charge in [-0.1, -0.05) is 11.6 Å². The van der Waals surface area contributed by atoms with Crippen LogP contribution in [-0.2, 0) is 6.18 Å². The number of alkyl halides is 3. The quantitative estimate of drug-likeness (QED) is 0.710. The first-order valence-electron chi connectivity index (χ1n) is 3.25. The molecule has 0 aliphatic carbocycles. The minimum Gasteiger partial charge on any atom is -0.276 e. The second-order valence-electron chi connectivity index (χ2n) is 2.32. The predicted molar refractivity (Wildman–Crippen MR) is 44.4 cm³/mol. The number of carbonyl (C=O) groups excluding carboxylic acids is 1. The van der Waals surface area contributed by atoms with Crippen LogP contribution >= 0.6 is 23.2 Å². The average Bonchev–Trinajstić information content (AvgIpc) is 2.02. The van der Waals surface area contributed by atoms with Gasteiger partial charge in [-0.2, -0.15) is 13.2 Å². The molecule has 0 N–H and O–H groups in total. The van der Waals surface area contributed by atoms with E-state index in [9.17, 15) is 18.0 Å². The van der Waals surface area contributed by atoms with Gasteiger partial charge in [-0.15, -0.1) is 0 Å². The van der Waals surface area contributed by atoms with E-state index in [1.807, 2.05) is 0 Å². The minimum absolute atomic E-state index is 0.210. The second kappa shape index (κ2) is 3.74. The Kier molecular flexibility index (Phi) is 3.01. The maximum Gasteiger partial charge on any atom is 0.433 e. The van der Waals surface area contributed by atoms with Crippen molar-refractivity contribution in [1.82, 2.24) is 4.98 Å². The molecule has 0 saturated carbocycles. The van der Waals surface area contributed by atoms with Gasteiger partial charge in [0.05, 0.1) is 10.6 Å². The molecule has 1 heterocycles. The van der Waals surface area contributed by atoms with Gasteiger partial charge in [-0.25, -0.2) is 0 Å². The van der Waals surface area contributed by atoms with Crippen molar-refractivity contribution in [3.8, 4) is 0 Å². The Labute approximate surface area is 86.6 Å². The van der Waals surface area contributed by atoms with E-state index in [1.54, 1.807) is 0 Å². The number of aromatic nitrogens is 1. The Morgan fingerprint density at radius 2 is 2.00 bits per heavy atom. The summed E-state index contributed by atoms with van der Waals surface area (Å²) in [6.07, 6.45) is -3.88. The molecule has 7 heteroatoms. The molecule has 1 rings (SSSR count). The minimum atomic E-state index is -4.62. The van der Waals surface area contributed by atoms with Crippen LogP contribution in [0.4, 0.5) is 13.2 Å². The van der Waals surface area contributed by atoms with E-state index in [0.717, 1.165) is 6.20 Å². The topological polar surface area (TPSA) is 30.0 Å². The maximum atomic E-state index is 12.1. The highest BCUT2D eigenvalue weighted by molar-refractivity contribution is 6.68. The van der Waals surface area contributed by atoms with Gasteiger partial charge in [0.1, 0.15) is 5.69 Å². The lowest BCUT2D eigenvalue weighted by atomic mass is 10.2. The molecule has 0 saturated heterocycles. The third-order valence-corrected chi connectivity index (χ3v) is 1.86. The van der Waals surface area contributed by atoms with Crippen LogP contribution in [0.5, 0.6) is 0 Å². The zero-order chi connectivity index (χ0) is 10.9. The van der Waals surface area contributed by atoms with E-state index in [0.29, 0.717) is 6.07 Å². The van der Waals surface area contributed by atoms with Crippen molar-refractivity contribution >= 4 is 28.4 Å². The normalized spacial score (nSPS) is 11.5. The largest absolute Gasteiger partial charge is 0.433 e. The third-order valence-electron chi connectivity index (χ3n) is 1.36. The summed E-state index contributed by atoms with van der Waals surface area (Å²) < 4.78 is 36.3. The first-order valence-corrected chi connectivity index (χ1v) is 4.00. The molecule has 1 aromatic rings. The van der Waals surface area contributed by atoms with Crippen molar-refractivity contribution in [2.24, 2.45) is 0 Å². The zero-order valence-corrected chi connectivity index (χ0v) is 7.91. The Bertz CT molecular complexity index is 378. The van der Waals surface area contributed by atoms with Gasteiger partial charge in [0.15, 0.2) is 0 Å². The number of halogens is 5. The Balaban J connectivity index is 3.27. The Morgan fingerprint density at radius 1 is 1.43 bits per heavy atom. The smallest absolute Gasteiger partial charge is 0.276 e. The van der Waals surface area contributed by atoms with Crippen LogP contribution in [0.3, 0.4) is 0 Å². The molecule has 76 valence electrons. The van der Waals surface area contributed by atoms with E-state index in [2.05, 4.69) is 4.98 Å². The molecule has 0 bridgehead atoms. The SMILES string of the molecule is O=C(Cl)c1cc(C(F)(F)F)ncc1Cl. The molecule has 0 atom stereocenters. The molecule has 14 heavy (non-hydrogen) atoms. The van der Waals surface area contributed by atoms with Crippen LogP contribution in [0, 0.1) is 0 Å². The van der Waals surface area contributed by atoms with Gasteiger partial charge in [0.2, 0.25) is 0 Å². The average molecular weight is 244 g/mol. The number of carbonyl (C=O) groups is 1. The molecule has 2 nitrogen and oxygen atoms in total. The van der Waals surface area contributed by atoms with E-state index in [-0.39, 0.29) is 5.02 Å². The van der Waals surface area contributed by atoms with Gasteiger partial charge in [0, 0.05) is 6.20 Å². The van der Waals surface area contributed by atoms with Gasteiger partial charge < -0.3 is 0 Å². The van der Waals surface area contributed by atoms with Crippen LogP contribution < -0.4 is 0 Å². The number of nitrogens with zero attached hydrogens (tertiary/aromatic N) is 1. The van der Waals surface area contributed by atoms with Gasteiger partial charge in [-0.3, -0.25) is 9.78 Å². The standard InChI is InChI=1S/C7H2Cl2F3NO/c8-4-2-13-5(7(10,11)12)1-3(4)6(9)14/h1-2H. The van der Waals surface area contributed by atoms with Crippen LogP contribution in [0.2, 0.25) is 5.02 Å². The highest BCUT2D eigenvalue weighted by Crippen LogP contribution is 2.30.